The number of carbonyl (C=O) groups excluding carboxylic acids is 2. The average Bonchev–Trinajstić information content (AvgIpc) is 3.00. The van der Waals surface area contributed by atoms with Crippen molar-refractivity contribution in [3.8, 4) is 0 Å². The van der Waals surface area contributed by atoms with Gasteiger partial charge in [-0.2, -0.15) is 13.2 Å². The van der Waals surface area contributed by atoms with Gasteiger partial charge in [0.05, 0.1) is 11.5 Å². The summed E-state index contributed by atoms with van der Waals surface area (Å²) in [7, 11) is 0. The maximum Gasteiger partial charge on any atom is 0.416 e. The maximum absolute atomic E-state index is 12.9. The van der Waals surface area contributed by atoms with Crippen molar-refractivity contribution in [2.24, 2.45) is 11.7 Å². The first kappa shape index (κ1) is 20.2. The number of halogens is 4. The highest BCUT2D eigenvalue weighted by Crippen LogP contribution is 2.32. The van der Waals surface area contributed by atoms with Crippen molar-refractivity contribution in [3.05, 3.63) is 35.4 Å². The van der Waals surface area contributed by atoms with Crippen molar-refractivity contribution in [1.82, 2.24) is 10.6 Å². The van der Waals surface area contributed by atoms with Crippen molar-refractivity contribution in [2.45, 2.75) is 25.1 Å². The number of benzene rings is 1. The van der Waals surface area contributed by atoms with Crippen LogP contribution in [0, 0.1) is 5.92 Å². The van der Waals surface area contributed by atoms with E-state index in [1.165, 1.54) is 19.1 Å². The topological polar surface area (TPSA) is 84.2 Å². The van der Waals surface area contributed by atoms with Gasteiger partial charge in [-0.05, 0) is 37.6 Å². The van der Waals surface area contributed by atoms with Gasteiger partial charge in [0.25, 0.3) is 0 Å². The highest BCUT2D eigenvalue weighted by atomic mass is 35.5. The van der Waals surface area contributed by atoms with E-state index >= 15 is 0 Å². The third kappa shape index (κ3) is 4.18. The number of hydrogen-bond acceptors (Lipinski definition) is 3. The Labute approximate surface area is 143 Å². The van der Waals surface area contributed by atoms with E-state index in [1.807, 2.05) is 0 Å². The molecule has 5 nitrogen and oxygen atoms in total. The molecule has 1 aliphatic heterocycles. The Morgan fingerprint density at radius 2 is 1.92 bits per heavy atom. The number of nitrogens with one attached hydrogen (secondary N) is 2. The Morgan fingerprint density at radius 3 is 2.42 bits per heavy atom. The molecule has 0 radical (unpaired) electrons. The van der Waals surface area contributed by atoms with E-state index in [0.29, 0.717) is 19.5 Å². The normalized spacial score (nSPS) is 19.9. The second-order valence-corrected chi connectivity index (χ2v) is 5.75. The van der Waals surface area contributed by atoms with Gasteiger partial charge in [0, 0.05) is 6.54 Å². The molecule has 0 aromatic heterocycles. The lowest BCUT2D eigenvalue weighted by Crippen LogP contribution is -2.54. The highest BCUT2D eigenvalue weighted by molar-refractivity contribution is 5.92. The van der Waals surface area contributed by atoms with Crippen LogP contribution in [0.5, 0.6) is 0 Å². The maximum atomic E-state index is 12.9. The van der Waals surface area contributed by atoms with Crippen LogP contribution < -0.4 is 16.4 Å². The minimum atomic E-state index is -4.55. The molecular formula is C15H19ClF3N3O2. The summed E-state index contributed by atoms with van der Waals surface area (Å²) in [6.45, 7) is 2.45. The van der Waals surface area contributed by atoms with Crippen LogP contribution in [0.4, 0.5) is 13.2 Å². The van der Waals surface area contributed by atoms with Crippen molar-refractivity contribution < 1.29 is 22.8 Å². The van der Waals surface area contributed by atoms with Gasteiger partial charge in [-0.1, -0.05) is 12.1 Å². The average molecular weight is 366 g/mol. The molecule has 0 bridgehead atoms. The fourth-order valence-corrected chi connectivity index (χ4v) is 2.51. The molecule has 1 aliphatic rings. The monoisotopic (exact) mass is 365 g/mol. The zero-order valence-electron chi connectivity index (χ0n) is 12.9. The SMILES string of the molecule is CC(NC(=O)C1CCNC1)(C(N)=O)c1cccc(C(F)(F)F)c1.Cl. The van der Waals surface area contributed by atoms with Crippen molar-refractivity contribution >= 4 is 24.2 Å². The molecule has 2 atom stereocenters. The standard InChI is InChI=1S/C15H18F3N3O2.ClH/c1-14(13(19)23,21-12(22)9-5-6-20-8-9)10-3-2-4-11(7-10)15(16,17)18;/h2-4,7,9,20H,5-6,8H2,1H3,(H2,19,23)(H,21,22);1H. The number of amides is 2. The first-order chi connectivity index (χ1) is 10.6. The summed E-state index contributed by atoms with van der Waals surface area (Å²) in [4.78, 5) is 24.1. The zero-order valence-corrected chi connectivity index (χ0v) is 13.8. The lowest BCUT2D eigenvalue weighted by molar-refractivity contribution is -0.138. The largest absolute Gasteiger partial charge is 0.416 e. The second kappa shape index (κ2) is 7.40. The van der Waals surface area contributed by atoms with E-state index in [0.717, 1.165) is 12.1 Å². The van der Waals surface area contributed by atoms with Crippen molar-refractivity contribution in [2.75, 3.05) is 13.1 Å². The number of nitrogens with two attached hydrogens (primary N) is 1. The van der Waals surface area contributed by atoms with Gasteiger partial charge in [0.2, 0.25) is 11.8 Å². The van der Waals surface area contributed by atoms with Crippen LogP contribution in [-0.2, 0) is 21.3 Å². The molecule has 2 rings (SSSR count). The molecule has 4 N–H and O–H groups in total. The molecule has 0 aliphatic carbocycles. The number of primary amides is 1. The molecule has 134 valence electrons. The van der Waals surface area contributed by atoms with Crippen molar-refractivity contribution in [3.63, 3.8) is 0 Å². The zero-order chi connectivity index (χ0) is 17.3. The van der Waals surface area contributed by atoms with E-state index in [-0.39, 0.29) is 23.9 Å². The van der Waals surface area contributed by atoms with E-state index in [4.69, 9.17) is 5.73 Å². The predicted octanol–water partition coefficient (Wildman–Crippen LogP) is 1.55. The van der Waals surface area contributed by atoms with Gasteiger partial charge in [0.1, 0.15) is 5.54 Å². The fraction of sp³-hybridized carbons (Fsp3) is 0.467. The molecule has 2 amide bonds. The van der Waals surface area contributed by atoms with E-state index < -0.39 is 29.1 Å². The Kier molecular flexibility index (Phi) is 6.24. The molecule has 1 heterocycles. The lowest BCUT2D eigenvalue weighted by Gasteiger charge is -2.29. The van der Waals surface area contributed by atoms with Gasteiger partial charge in [0.15, 0.2) is 0 Å². The Balaban J connectivity index is 0.00000288. The molecule has 1 saturated heterocycles. The summed E-state index contributed by atoms with van der Waals surface area (Å²) in [6, 6.07) is 4.25. The van der Waals surface area contributed by atoms with Crippen LogP contribution in [0.3, 0.4) is 0 Å². The van der Waals surface area contributed by atoms with E-state index in [1.54, 1.807) is 0 Å². The fourth-order valence-electron chi connectivity index (χ4n) is 2.51. The molecule has 1 aromatic rings. The molecule has 2 unspecified atom stereocenters. The molecule has 1 aromatic carbocycles. The van der Waals surface area contributed by atoms with Crippen LogP contribution in [0.1, 0.15) is 24.5 Å². The quantitative estimate of drug-likeness (QED) is 0.757. The van der Waals surface area contributed by atoms with Crippen LogP contribution >= 0.6 is 12.4 Å². The minimum Gasteiger partial charge on any atom is -0.367 e. The summed E-state index contributed by atoms with van der Waals surface area (Å²) in [5.74, 6) is -1.66. The molecule has 24 heavy (non-hydrogen) atoms. The first-order valence-electron chi connectivity index (χ1n) is 7.15. The summed E-state index contributed by atoms with van der Waals surface area (Å²) in [5, 5.41) is 5.52. The third-order valence-corrected chi connectivity index (χ3v) is 4.06. The van der Waals surface area contributed by atoms with Gasteiger partial charge < -0.3 is 16.4 Å². The Morgan fingerprint density at radius 1 is 1.29 bits per heavy atom. The number of carbonyl (C=O) groups is 2. The summed E-state index contributed by atoms with van der Waals surface area (Å²) in [5.41, 5.74) is 2.75. The van der Waals surface area contributed by atoms with E-state index in [9.17, 15) is 22.8 Å². The summed E-state index contributed by atoms with van der Waals surface area (Å²) < 4.78 is 38.6. The molecule has 1 fully saturated rings. The summed E-state index contributed by atoms with van der Waals surface area (Å²) >= 11 is 0. The van der Waals surface area contributed by atoms with Gasteiger partial charge >= 0.3 is 6.18 Å². The van der Waals surface area contributed by atoms with Crippen LogP contribution in [0.15, 0.2) is 24.3 Å². The van der Waals surface area contributed by atoms with E-state index in [2.05, 4.69) is 10.6 Å². The minimum absolute atomic E-state index is 0. The summed E-state index contributed by atoms with van der Waals surface area (Å²) in [6.07, 6.45) is -3.95. The second-order valence-electron chi connectivity index (χ2n) is 5.75. The first-order valence-corrected chi connectivity index (χ1v) is 7.15. The smallest absolute Gasteiger partial charge is 0.367 e. The van der Waals surface area contributed by atoms with Crippen molar-refractivity contribution in [1.29, 1.82) is 0 Å². The number of alkyl halides is 3. The third-order valence-electron chi connectivity index (χ3n) is 4.06. The Bertz CT molecular complexity index is 618. The number of hydrogen-bond donors (Lipinski definition) is 3. The molecule has 9 heteroatoms. The van der Waals surface area contributed by atoms with Gasteiger partial charge in [-0.25, -0.2) is 0 Å². The molecule has 0 spiro atoms. The van der Waals surface area contributed by atoms with Crippen LogP contribution in [0.25, 0.3) is 0 Å². The van der Waals surface area contributed by atoms with Crippen LogP contribution in [0.2, 0.25) is 0 Å². The van der Waals surface area contributed by atoms with Crippen LogP contribution in [-0.4, -0.2) is 24.9 Å². The predicted molar refractivity (Wildman–Crippen MR) is 84.4 cm³/mol. The highest BCUT2D eigenvalue weighted by Gasteiger charge is 2.39. The molecular weight excluding hydrogens is 347 g/mol. The van der Waals surface area contributed by atoms with Gasteiger partial charge in [-0.3, -0.25) is 9.59 Å². The number of rotatable bonds is 4. The Hall–Kier alpha value is -1.80. The molecule has 0 saturated carbocycles. The lowest BCUT2D eigenvalue weighted by atomic mass is 9.89. The van der Waals surface area contributed by atoms with Gasteiger partial charge in [-0.15, -0.1) is 12.4 Å².